The molecule has 0 spiro atoms. The molecule has 0 bridgehead atoms. The molecule has 0 fully saturated rings. The minimum atomic E-state index is -1.68. The van der Waals surface area contributed by atoms with Gasteiger partial charge >= 0.3 is 13.2 Å². The zero-order valence-electron chi connectivity index (χ0n) is 21.5. The molecule has 35 heavy (non-hydrogen) atoms. The summed E-state index contributed by atoms with van der Waals surface area (Å²) in [5.41, 5.74) is 7.33. The Balaban J connectivity index is 2.15. The molecule has 4 rings (SSSR count). The van der Waals surface area contributed by atoms with Crippen molar-refractivity contribution in [3.8, 4) is 0 Å². The number of carbonyl (C=O) groups is 2. The highest BCUT2D eigenvalue weighted by atomic mass is 19.1. The first-order chi connectivity index (χ1) is 16.4. The lowest BCUT2D eigenvalue weighted by atomic mass is 9.86. The molecular weight excluding hydrogens is 446 g/mol. The highest BCUT2D eigenvalue weighted by molar-refractivity contribution is 6.45. The topological polar surface area (TPSA) is 77.6 Å². The monoisotopic (exact) mass is 477 g/mol. The maximum Gasteiger partial charge on any atom is 0.846 e. The number of allylic oxidation sites excluding steroid dienone is 1. The van der Waals surface area contributed by atoms with Crippen LogP contribution in [0.15, 0.2) is 35.0 Å². The predicted molar refractivity (Wildman–Crippen MR) is 137 cm³/mol. The lowest BCUT2D eigenvalue weighted by Gasteiger charge is -2.23. The van der Waals surface area contributed by atoms with E-state index in [9.17, 15) is 14.7 Å². The first-order valence-corrected chi connectivity index (χ1v) is 11.7. The van der Waals surface area contributed by atoms with Crippen molar-refractivity contribution < 1.29 is 23.5 Å². The molecule has 1 amide bonds. The number of amides is 1. The van der Waals surface area contributed by atoms with Crippen molar-refractivity contribution in [2.45, 2.75) is 41.5 Å². The van der Waals surface area contributed by atoms with Crippen LogP contribution in [-0.4, -0.2) is 59.6 Å². The minimum absolute atomic E-state index is 0.104. The molecule has 2 aromatic rings. The Bertz CT molecular complexity index is 1400. The number of nitrogens with zero attached hydrogens (tertiary/aromatic N) is 3. The van der Waals surface area contributed by atoms with Crippen LogP contribution in [0.3, 0.4) is 0 Å². The summed E-state index contributed by atoms with van der Waals surface area (Å²) < 4.78 is 19.3. The average Bonchev–Trinajstić information content (AvgIpc) is 3.18. The van der Waals surface area contributed by atoms with Gasteiger partial charge in [-0.3, -0.25) is 9.27 Å². The summed E-state index contributed by atoms with van der Waals surface area (Å²) in [5, 5.41) is 12.8. The Morgan fingerprint density at radius 3 is 2.37 bits per heavy atom. The molecule has 0 radical (unpaired) electrons. The van der Waals surface area contributed by atoms with Gasteiger partial charge in [0.15, 0.2) is 11.4 Å². The fourth-order valence-electron chi connectivity index (χ4n) is 5.58. The quantitative estimate of drug-likeness (QED) is 0.645. The number of hydrogen-bond donors (Lipinski definition) is 2. The molecule has 0 saturated heterocycles. The SMILES string of the molecule is CCNC(=O)c1c(C)c2n(c1C)B(F)[N+]1=C(C)C(C(=O)O)=C(C)C1=C2c1ccc(N(C)C)c(C)c1. The summed E-state index contributed by atoms with van der Waals surface area (Å²) >= 11 is 0. The normalized spacial score (nSPS) is 15.1. The van der Waals surface area contributed by atoms with Gasteiger partial charge in [-0.05, 0) is 63.4 Å². The van der Waals surface area contributed by atoms with Gasteiger partial charge in [-0.1, -0.05) is 6.07 Å². The Hall–Kier alpha value is -3.62. The molecule has 1 aromatic heterocycles. The third-order valence-corrected chi connectivity index (χ3v) is 7.03. The molecule has 2 N–H and O–H groups in total. The van der Waals surface area contributed by atoms with E-state index in [-0.39, 0.29) is 11.5 Å². The molecule has 1 aromatic carbocycles. The summed E-state index contributed by atoms with van der Waals surface area (Å²) in [7, 11) is 2.26. The maximum atomic E-state index is 16.3. The standard InChI is InChI=1S/C26H30BFN4O3/c1-9-29-25(33)20-14(3)23-22(18-10-11-19(30(7)8)13(2)12-18)24-15(4)21(26(34)35)17(6)32(24)27(28)31(23)16(20)5/h10-12H,9H2,1-8H3,(H-,29,33,34,35)/p+1. The fourth-order valence-corrected chi connectivity index (χ4v) is 5.58. The van der Waals surface area contributed by atoms with Crippen LogP contribution in [0.25, 0.3) is 5.57 Å². The summed E-state index contributed by atoms with van der Waals surface area (Å²) in [6.45, 7) is 11.2. The van der Waals surface area contributed by atoms with Crippen LogP contribution >= 0.6 is 0 Å². The Kier molecular flexibility index (Phi) is 5.99. The molecule has 2 aliphatic rings. The van der Waals surface area contributed by atoms with Gasteiger partial charge in [0, 0.05) is 44.5 Å². The molecule has 7 nitrogen and oxygen atoms in total. The number of nitrogens with one attached hydrogen (secondary N) is 1. The van der Waals surface area contributed by atoms with Crippen LogP contribution < -0.4 is 10.2 Å². The molecule has 0 unspecified atom stereocenters. The third kappa shape index (κ3) is 3.44. The van der Waals surface area contributed by atoms with E-state index in [1.54, 1.807) is 20.8 Å². The first-order valence-electron chi connectivity index (χ1n) is 11.7. The summed E-state index contributed by atoms with van der Waals surface area (Å²) in [6, 6.07) is 6.02. The van der Waals surface area contributed by atoms with Crippen molar-refractivity contribution in [1.82, 2.24) is 9.79 Å². The molecule has 0 atom stereocenters. The van der Waals surface area contributed by atoms with Crippen LogP contribution in [0.5, 0.6) is 0 Å². The Labute approximate surface area is 205 Å². The number of aromatic nitrogens is 1. The van der Waals surface area contributed by atoms with Crippen LogP contribution in [0.2, 0.25) is 0 Å². The van der Waals surface area contributed by atoms with Gasteiger partial charge < -0.3 is 15.3 Å². The van der Waals surface area contributed by atoms with E-state index >= 15 is 4.32 Å². The van der Waals surface area contributed by atoms with Crippen LogP contribution in [0, 0.1) is 20.8 Å². The fraction of sp³-hybridized carbons (Fsp3) is 0.346. The van der Waals surface area contributed by atoms with Gasteiger partial charge in [-0.25, -0.2) is 13.6 Å². The molecule has 0 saturated carbocycles. The zero-order valence-corrected chi connectivity index (χ0v) is 21.5. The Morgan fingerprint density at radius 1 is 1.17 bits per heavy atom. The summed E-state index contributed by atoms with van der Waals surface area (Å²) in [6.07, 6.45) is 0. The number of carbonyl (C=O) groups excluding carboxylic acids is 1. The van der Waals surface area contributed by atoms with Crippen molar-refractivity contribution in [2.75, 3.05) is 25.5 Å². The zero-order chi connectivity index (χ0) is 25.9. The molecule has 3 heterocycles. The van der Waals surface area contributed by atoms with Gasteiger partial charge in [0.05, 0.1) is 16.8 Å². The lowest BCUT2D eigenvalue weighted by Crippen LogP contribution is -2.41. The second-order valence-electron chi connectivity index (χ2n) is 9.35. The Morgan fingerprint density at radius 2 is 1.83 bits per heavy atom. The van der Waals surface area contributed by atoms with Crippen molar-refractivity contribution in [2.24, 2.45) is 0 Å². The minimum Gasteiger partial charge on any atom is -0.477 e. The lowest BCUT2D eigenvalue weighted by molar-refractivity contribution is -0.337. The number of benzene rings is 1. The maximum absolute atomic E-state index is 16.3. The third-order valence-electron chi connectivity index (χ3n) is 7.03. The number of fused-ring (bicyclic) bond motifs is 2. The van der Waals surface area contributed by atoms with E-state index in [4.69, 9.17) is 0 Å². The largest absolute Gasteiger partial charge is 0.846 e. The average molecular weight is 477 g/mol. The number of aryl methyl sites for hydroxylation is 1. The van der Waals surface area contributed by atoms with E-state index in [2.05, 4.69) is 5.32 Å². The summed E-state index contributed by atoms with van der Waals surface area (Å²) in [4.78, 5) is 27.1. The predicted octanol–water partition coefficient (Wildman–Crippen LogP) is 3.69. The second-order valence-corrected chi connectivity index (χ2v) is 9.35. The van der Waals surface area contributed by atoms with Crippen molar-refractivity contribution in [3.63, 3.8) is 0 Å². The van der Waals surface area contributed by atoms with Gasteiger partial charge in [-0.2, -0.15) is 0 Å². The molecule has 0 aliphatic carbocycles. The van der Waals surface area contributed by atoms with Crippen LogP contribution in [0.1, 0.15) is 59.2 Å². The van der Waals surface area contributed by atoms with E-state index in [0.717, 1.165) is 22.4 Å². The molecule has 182 valence electrons. The van der Waals surface area contributed by atoms with E-state index in [1.807, 2.05) is 58.0 Å². The number of anilines is 1. The first kappa shape index (κ1) is 24.5. The number of carboxylic acids is 1. The van der Waals surface area contributed by atoms with Gasteiger partial charge in [0.25, 0.3) is 5.91 Å². The molecular formula is C26H31BFN4O3+. The van der Waals surface area contributed by atoms with Crippen LogP contribution in [0.4, 0.5) is 10.0 Å². The van der Waals surface area contributed by atoms with E-state index in [1.165, 1.54) is 8.96 Å². The van der Waals surface area contributed by atoms with Crippen LogP contribution in [-0.2, 0) is 4.79 Å². The van der Waals surface area contributed by atoms with Gasteiger partial charge in [0.2, 0.25) is 0 Å². The second kappa shape index (κ2) is 8.55. The molecule has 9 heteroatoms. The van der Waals surface area contributed by atoms with Gasteiger partial charge in [-0.15, -0.1) is 0 Å². The van der Waals surface area contributed by atoms with Gasteiger partial charge in [0.1, 0.15) is 5.57 Å². The highest BCUT2D eigenvalue weighted by Gasteiger charge is 2.55. The molecule has 2 aliphatic heterocycles. The van der Waals surface area contributed by atoms with Crippen molar-refractivity contribution >= 4 is 36.1 Å². The van der Waals surface area contributed by atoms with Crippen molar-refractivity contribution in [3.05, 3.63) is 68.7 Å². The number of carboxylic acid groups (broad SMARTS) is 1. The number of rotatable bonds is 5. The van der Waals surface area contributed by atoms with E-state index < -0.39 is 13.2 Å². The number of halogens is 1. The highest BCUT2D eigenvalue weighted by Crippen LogP contribution is 2.44. The van der Waals surface area contributed by atoms with Crippen molar-refractivity contribution in [1.29, 1.82) is 0 Å². The number of aliphatic carboxylic acids is 1. The van der Waals surface area contributed by atoms with E-state index in [0.29, 0.717) is 46.0 Å². The smallest absolute Gasteiger partial charge is 0.477 e. The number of hydrogen-bond acceptors (Lipinski definition) is 3. The summed E-state index contributed by atoms with van der Waals surface area (Å²) in [5.74, 6) is -1.34.